The monoisotopic (exact) mass is 255 g/mol. The van der Waals surface area contributed by atoms with Crippen LogP contribution in [0.4, 0.5) is 5.69 Å². The van der Waals surface area contributed by atoms with Crippen molar-refractivity contribution < 1.29 is 0 Å². The second-order valence-electron chi connectivity index (χ2n) is 4.52. The third-order valence-corrected chi connectivity index (χ3v) is 4.67. The van der Waals surface area contributed by atoms with E-state index in [1.54, 1.807) is 0 Å². The first-order valence-corrected chi connectivity index (χ1v) is 7.32. The van der Waals surface area contributed by atoms with E-state index in [2.05, 4.69) is 66.4 Å². The normalized spacial score (nSPS) is 17.8. The predicted octanol–water partition coefficient (Wildman–Crippen LogP) is 4.19. The Bertz CT molecular complexity index is 524. The van der Waals surface area contributed by atoms with E-state index in [0.717, 1.165) is 13.0 Å². The van der Waals surface area contributed by atoms with Gasteiger partial charge in [0.05, 0.1) is 11.1 Å². The fraction of sp³-hybridized carbons (Fsp3) is 0.250. The second kappa shape index (κ2) is 5.07. The largest absolute Gasteiger partial charge is 0.358 e. The van der Waals surface area contributed by atoms with Gasteiger partial charge in [-0.25, -0.2) is 0 Å². The smallest absolute Gasteiger partial charge is 0.0838 e. The lowest BCUT2D eigenvalue weighted by molar-refractivity contribution is 0.773. The molecule has 18 heavy (non-hydrogen) atoms. The van der Waals surface area contributed by atoms with E-state index < -0.39 is 0 Å². The number of thioether (sulfide) groups is 1. The van der Waals surface area contributed by atoms with Crippen LogP contribution in [0.5, 0.6) is 0 Å². The summed E-state index contributed by atoms with van der Waals surface area (Å²) in [6.45, 7) is 3.31. The fourth-order valence-electron chi connectivity index (χ4n) is 2.50. The zero-order valence-electron chi connectivity index (χ0n) is 10.5. The van der Waals surface area contributed by atoms with Gasteiger partial charge in [-0.1, -0.05) is 54.2 Å². The molecule has 1 aliphatic rings. The highest BCUT2D eigenvalue weighted by Crippen LogP contribution is 2.43. The molecule has 0 aromatic heterocycles. The van der Waals surface area contributed by atoms with Gasteiger partial charge >= 0.3 is 0 Å². The van der Waals surface area contributed by atoms with Gasteiger partial charge in [0.2, 0.25) is 0 Å². The highest BCUT2D eigenvalue weighted by molar-refractivity contribution is 8.00. The van der Waals surface area contributed by atoms with Crippen LogP contribution in [-0.4, -0.2) is 11.9 Å². The maximum atomic E-state index is 2.51. The molecule has 1 nitrogen and oxygen atoms in total. The molecule has 0 saturated heterocycles. The summed E-state index contributed by atoms with van der Waals surface area (Å²) in [5.41, 5.74) is 2.81. The average Bonchev–Trinajstić information content (AvgIpc) is 2.77. The van der Waals surface area contributed by atoms with E-state index in [0.29, 0.717) is 5.37 Å². The Morgan fingerprint density at radius 2 is 1.72 bits per heavy atom. The summed E-state index contributed by atoms with van der Waals surface area (Å²) in [6, 6.07) is 19.5. The van der Waals surface area contributed by atoms with Crippen LogP contribution in [-0.2, 0) is 6.42 Å². The predicted molar refractivity (Wildman–Crippen MR) is 79.3 cm³/mol. The van der Waals surface area contributed by atoms with E-state index in [4.69, 9.17) is 0 Å². The Labute approximate surface area is 113 Å². The number of likely N-dealkylation sites (N-methyl/N-ethyl adjacent to an activating group) is 1. The number of anilines is 1. The van der Waals surface area contributed by atoms with E-state index in [1.165, 1.54) is 16.1 Å². The first kappa shape index (κ1) is 11.7. The minimum atomic E-state index is 0.537. The van der Waals surface area contributed by atoms with E-state index in [1.807, 2.05) is 11.8 Å². The highest BCUT2D eigenvalue weighted by Gasteiger charge is 2.28. The molecule has 2 aromatic carbocycles. The van der Waals surface area contributed by atoms with Crippen LogP contribution in [0.25, 0.3) is 0 Å². The molecule has 0 fully saturated rings. The number of hydrogen-bond acceptors (Lipinski definition) is 2. The molecule has 0 spiro atoms. The summed E-state index contributed by atoms with van der Waals surface area (Å²) in [6.07, 6.45) is 1.11. The molecule has 1 unspecified atom stereocenters. The van der Waals surface area contributed by atoms with Gasteiger partial charge in [0.1, 0.15) is 0 Å². The van der Waals surface area contributed by atoms with Gasteiger partial charge < -0.3 is 4.90 Å². The summed E-state index contributed by atoms with van der Waals surface area (Å²) >= 11 is 1.99. The van der Waals surface area contributed by atoms with Gasteiger partial charge in [0.25, 0.3) is 0 Å². The summed E-state index contributed by atoms with van der Waals surface area (Å²) in [7, 11) is 0. The molecule has 3 rings (SSSR count). The molecule has 92 valence electrons. The van der Waals surface area contributed by atoms with E-state index in [-0.39, 0.29) is 0 Å². The molecule has 0 bridgehead atoms. The number of rotatable bonds is 3. The number of fused-ring (bicyclic) bond motifs is 1. The molecular formula is C16H17NS. The summed E-state index contributed by atoms with van der Waals surface area (Å²) in [5, 5.41) is 0.537. The molecular weight excluding hydrogens is 238 g/mol. The first-order chi connectivity index (χ1) is 8.88. The van der Waals surface area contributed by atoms with E-state index >= 15 is 0 Å². The number of nitrogens with zero attached hydrogens (tertiary/aromatic N) is 1. The zero-order valence-corrected chi connectivity index (χ0v) is 11.4. The van der Waals surface area contributed by atoms with Crippen molar-refractivity contribution in [1.29, 1.82) is 0 Å². The van der Waals surface area contributed by atoms with Gasteiger partial charge in [-0.15, -0.1) is 0 Å². The molecule has 2 aromatic rings. The lowest BCUT2D eigenvalue weighted by Gasteiger charge is -2.25. The Kier molecular flexibility index (Phi) is 3.28. The molecule has 0 amide bonds. The van der Waals surface area contributed by atoms with Crippen molar-refractivity contribution in [3.8, 4) is 0 Å². The van der Waals surface area contributed by atoms with Crippen molar-refractivity contribution in [2.45, 2.75) is 23.6 Å². The Hall–Kier alpha value is -1.41. The van der Waals surface area contributed by atoms with Gasteiger partial charge in [-0.3, -0.25) is 0 Å². The van der Waals surface area contributed by atoms with Crippen LogP contribution in [0.1, 0.15) is 12.5 Å². The van der Waals surface area contributed by atoms with Crippen LogP contribution in [0.2, 0.25) is 0 Å². The molecule has 0 N–H and O–H groups in total. The number of para-hydroxylation sites is 1. The van der Waals surface area contributed by atoms with E-state index in [9.17, 15) is 0 Å². The van der Waals surface area contributed by atoms with Crippen molar-refractivity contribution in [2.75, 3.05) is 11.4 Å². The summed E-state index contributed by atoms with van der Waals surface area (Å²) in [5.74, 6) is 0. The van der Waals surface area contributed by atoms with Crippen molar-refractivity contribution >= 4 is 17.4 Å². The van der Waals surface area contributed by atoms with Crippen molar-refractivity contribution in [2.24, 2.45) is 0 Å². The Morgan fingerprint density at radius 1 is 1.00 bits per heavy atom. The molecule has 0 radical (unpaired) electrons. The maximum Gasteiger partial charge on any atom is 0.0838 e. The highest BCUT2D eigenvalue weighted by atomic mass is 32.2. The number of benzene rings is 2. The van der Waals surface area contributed by atoms with Crippen molar-refractivity contribution in [1.82, 2.24) is 0 Å². The van der Waals surface area contributed by atoms with Gasteiger partial charge in [0.15, 0.2) is 0 Å². The minimum absolute atomic E-state index is 0.537. The molecule has 0 saturated carbocycles. The van der Waals surface area contributed by atoms with Crippen molar-refractivity contribution in [3.63, 3.8) is 0 Å². The first-order valence-electron chi connectivity index (χ1n) is 6.44. The molecule has 0 aliphatic carbocycles. The Balaban J connectivity index is 1.83. The lowest BCUT2D eigenvalue weighted by Crippen LogP contribution is -2.30. The zero-order chi connectivity index (χ0) is 12.4. The lowest BCUT2D eigenvalue weighted by atomic mass is 10.1. The second-order valence-corrected chi connectivity index (χ2v) is 5.74. The maximum absolute atomic E-state index is 2.51. The van der Waals surface area contributed by atoms with Gasteiger partial charge in [-0.2, -0.15) is 0 Å². The Morgan fingerprint density at radius 3 is 2.50 bits per heavy atom. The standard InChI is InChI=1S/C16H17NS/c1-2-17-14-10-6-7-11-15(14)18-16(17)12-13-8-4-3-5-9-13/h3-11,16H,2,12H2,1H3. The quantitative estimate of drug-likeness (QED) is 0.809. The topological polar surface area (TPSA) is 3.24 Å². The van der Waals surface area contributed by atoms with Crippen LogP contribution < -0.4 is 4.90 Å². The average molecular weight is 255 g/mol. The molecule has 1 atom stereocenters. The van der Waals surface area contributed by atoms with Gasteiger partial charge in [0, 0.05) is 17.9 Å². The molecule has 2 heteroatoms. The SMILES string of the molecule is CCN1c2ccccc2SC1Cc1ccccc1. The number of hydrogen-bond donors (Lipinski definition) is 0. The van der Waals surface area contributed by atoms with Crippen molar-refractivity contribution in [3.05, 3.63) is 60.2 Å². The fourth-order valence-corrected chi connectivity index (χ4v) is 3.92. The van der Waals surface area contributed by atoms with Gasteiger partial charge in [-0.05, 0) is 24.6 Å². The van der Waals surface area contributed by atoms with Crippen LogP contribution >= 0.6 is 11.8 Å². The molecule has 1 aliphatic heterocycles. The third kappa shape index (κ3) is 2.13. The van der Waals surface area contributed by atoms with Crippen LogP contribution in [0.3, 0.4) is 0 Å². The summed E-state index contributed by atoms with van der Waals surface area (Å²) < 4.78 is 0. The van der Waals surface area contributed by atoms with Crippen LogP contribution in [0, 0.1) is 0 Å². The van der Waals surface area contributed by atoms with Crippen LogP contribution in [0.15, 0.2) is 59.5 Å². The summed E-state index contributed by atoms with van der Waals surface area (Å²) in [4.78, 5) is 3.92. The molecule has 1 heterocycles. The minimum Gasteiger partial charge on any atom is -0.358 e. The third-order valence-electron chi connectivity index (χ3n) is 3.38.